The molecule has 0 saturated carbocycles. The Morgan fingerprint density at radius 2 is 1.93 bits per heavy atom. The molecule has 28 heavy (non-hydrogen) atoms. The number of anilines is 1. The number of aromatic nitrogens is 2. The molecule has 2 heterocycles. The lowest BCUT2D eigenvalue weighted by atomic mass is 10.0. The summed E-state index contributed by atoms with van der Waals surface area (Å²) >= 11 is 0. The lowest BCUT2D eigenvalue weighted by Crippen LogP contribution is -2.34. The molecule has 1 amide bonds. The summed E-state index contributed by atoms with van der Waals surface area (Å²) in [5.74, 6) is 1.89. The third kappa shape index (κ3) is 3.53. The number of fused-ring (bicyclic) bond motifs is 1. The van der Waals surface area contributed by atoms with E-state index in [1.807, 2.05) is 54.6 Å². The molecule has 6 heteroatoms. The normalized spacial score (nSPS) is 14.0. The summed E-state index contributed by atoms with van der Waals surface area (Å²) < 4.78 is 5.33. The smallest absolute Gasteiger partial charge is 0.270 e. The minimum absolute atomic E-state index is 0.0114. The fourth-order valence-corrected chi connectivity index (χ4v) is 3.33. The molecule has 0 bridgehead atoms. The molecule has 1 aliphatic heterocycles. The van der Waals surface area contributed by atoms with Gasteiger partial charge in [0, 0.05) is 17.7 Å². The minimum Gasteiger partial charge on any atom is -0.497 e. The SMILES string of the molecule is COc1cccc([C@@H](C)Nc2nc(-c3ccccc3)nc3c2CCNC3=O)c1. The van der Waals surface area contributed by atoms with Crippen LogP contribution >= 0.6 is 0 Å². The Balaban J connectivity index is 1.74. The molecule has 2 N–H and O–H groups in total. The monoisotopic (exact) mass is 374 g/mol. The predicted octanol–water partition coefficient (Wildman–Crippen LogP) is 3.61. The number of methoxy groups -OCH3 is 1. The van der Waals surface area contributed by atoms with Crippen LogP contribution in [0.4, 0.5) is 5.82 Å². The molecule has 3 aromatic rings. The van der Waals surface area contributed by atoms with E-state index in [1.165, 1.54) is 0 Å². The van der Waals surface area contributed by atoms with Gasteiger partial charge in [-0.05, 0) is 31.0 Å². The number of ether oxygens (including phenoxy) is 1. The van der Waals surface area contributed by atoms with Crippen LogP contribution in [0.15, 0.2) is 54.6 Å². The average Bonchev–Trinajstić information content (AvgIpc) is 2.75. The lowest BCUT2D eigenvalue weighted by Gasteiger charge is -2.23. The first-order valence-electron chi connectivity index (χ1n) is 9.30. The van der Waals surface area contributed by atoms with Gasteiger partial charge in [-0.2, -0.15) is 0 Å². The maximum absolute atomic E-state index is 12.4. The van der Waals surface area contributed by atoms with E-state index in [9.17, 15) is 4.79 Å². The molecule has 0 radical (unpaired) electrons. The van der Waals surface area contributed by atoms with E-state index < -0.39 is 0 Å². The zero-order chi connectivity index (χ0) is 19.5. The van der Waals surface area contributed by atoms with Gasteiger partial charge in [0.15, 0.2) is 5.82 Å². The Morgan fingerprint density at radius 3 is 2.71 bits per heavy atom. The van der Waals surface area contributed by atoms with Crippen LogP contribution in [0.3, 0.4) is 0 Å². The molecule has 0 unspecified atom stereocenters. The van der Waals surface area contributed by atoms with Crippen molar-refractivity contribution in [1.82, 2.24) is 15.3 Å². The fraction of sp³-hybridized carbons (Fsp3) is 0.227. The Bertz CT molecular complexity index is 1000. The van der Waals surface area contributed by atoms with Crippen LogP contribution in [0.5, 0.6) is 5.75 Å². The minimum atomic E-state index is -0.155. The maximum Gasteiger partial charge on any atom is 0.270 e. The van der Waals surface area contributed by atoms with E-state index in [1.54, 1.807) is 7.11 Å². The van der Waals surface area contributed by atoms with Gasteiger partial charge in [0.25, 0.3) is 5.91 Å². The number of rotatable bonds is 5. The van der Waals surface area contributed by atoms with Crippen molar-refractivity contribution in [2.75, 3.05) is 19.0 Å². The standard InChI is InChI=1S/C22H22N4O2/c1-14(16-9-6-10-17(13-16)28-2)24-21-18-11-12-23-22(27)19(18)25-20(26-21)15-7-4-3-5-8-15/h3-10,13-14H,11-12H2,1-2H3,(H,23,27)(H,24,25,26)/t14-/m1/s1. The molecule has 0 spiro atoms. The topological polar surface area (TPSA) is 76.1 Å². The Kier molecular flexibility index (Phi) is 4.93. The second-order valence-electron chi connectivity index (χ2n) is 6.74. The highest BCUT2D eigenvalue weighted by molar-refractivity contribution is 5.96. The van der Waals surface area contributed by atoms with Crippen LogP contribution in [-0.2, 0) is 6.42 Å². The summed E-state index contributed by atoms with van der Waals surface area (Å²) in [5, 5.41) is 6.35. The Labute approximate surface area is 164 Å². The fourth-order valence-electron chi connectivity index (χ4n) is 3.33. The quantitative estimate of drug-likeness (QED) is 0.713. The number of hydrogen-bond acceptors (Lipinski definition) is 5. The summed E-state index contributed by atoms with van der Waals surface area (Å²) in [4.78, 5) is 21.7. The number of hydrogen-bond donors (Lipinski definition) is 2. The van der Waals surface area contributed by atoms with Gasteiger partial charge in [0.2, 0.25) is 0 Å². The highest BCUT2D eigenvalue weighted by Crippen LogP contribution is 2.28. The first-order chi connectivity index (χ1) is 13.7. The van der Waals surface area contributed by atoms with E-state index in [0.29, 0.717) is 30.3 Å². The first kappa shape index (κ1) is 18.0. The molecule has 1 aliphatic rings. The van der Waals surface area contributed by atoms with Gasteiger partial charge >= 0.3 is 0 Å². The highest BCUT2D eigenvalue weighted by Gasteiger charge is 2.25. The number of amides is 1. The molecule has 6 nitrogen and oxygen atoms in total. The lowest BCUT2D eigenvalue weighted by molar-refractivity contribution is 0.0940. The Morgan fingerprint density at radius 1 is 1.11 bits per heavy atom. The maximum atomic E-state index is 12.4. The number of carbonyl (C=O) groups is 1. The molecule has 4 rings (SSSR count). The molecule has 2 aromatic carbocycles. The number of benzene rings is 2. The molecular formula is C22H22N4O2. The van der Waals surface area contributed by atoms with Crippen molar-refractivity contribution in [1.29, 1.82) is 0 Å². The van der Waals surface area contributed by atoms with Crippen LogP contribution in [0, 0.1) is 0 Å². The molecular weight excluding hydrogens is 352 g/mol. The second-order valence-corrected chi connectivity index (χ2v) is 6.74. The zero-order valence-electron chi connectivity index (χ0n) is 15.9. The van der Waals surface area contributed by atoms with Gasteiger partial charge in [0.1, 0.15) is 17.3 Å². The molecule has 1 atom stereocenters. The van der Waals surface area contributed by atoms with Crippen molar-refractivity contribution in [2.24, 2.45) is 0 Å². The van der Waals surface area contributed by atoms with Crippen LogP contribution in [0.25, 0.3) is 11.4 Å². The molecule has 0 fully saturated rings. The predicted molar refractivity (Wildman–Crippen MR) is 109 cm³/mol. The van der Waals surface area contributed by atoms with Crippen molar-refractivity contribution < 1.29 is 9.53 Å². The van der Waals surface area contributed by atoms with E-state index in [-0.39, 0.29) is 11.9 Å². The van der Waals surface area contributed by atoms with Crippen LogP contribution in [0.2, 0.25) is 0 Å². The molecule has 142 valence electrons. The molecule has 0 saturated heterocycles. The number of carbonyl (C=O) groups excluding carboxylic acids is 1. The van der Waals surface area contributed by atoms with Crippen LogP contribution < -0.4 is 15.4 Å². The summed E-state index contributed by atoms with van der Waals surface area (Å²) in [6, 6.07) is 17.6. The van der Waals surface area contributed by atoms with Crippen molar-refractivity contribution in [3.05, 3.63) is 71.4 Å². The van der Waals surface area contributed by atoms with Crippen LogP contribution in [-0.4, -0.2) is 29.5 Å². The van der Waals surface area contributed by atoms with E-state index in [0.717, 1.165) is 22.4 Å². The van der Waals surface area contributed by atoms with E-state index >= 15 is 0 Å². The first-order valence-corrected chi connectivity index (χ1v) is 9.30. The van der Waals surface area contributed by atoms with Crippen molar-refractivity contribution in [3.63, 3.8) is 0 Å². The highest BCUT2D eigenvalue weighted by atomic mass is 16.5. The summed E-state index contributed by atoms with van der Waals surface area (Å²) in [6.45, 7) is 2.65. The zero-order valence-corrected chi connectivity index (χ0v) is 15.9. The van der Waals surface area contributed by atoms with Crippen molar-refractivity contribution in [3.8, 4) is 17.1 Å². The average molecular weight is 374 g/mol. The van der Waals surface area contributed by atoms with E-state index in [4.69, 9.17) is 9.72 Å². The van der Waals surface area contributed by atoms with Gasteiger partial charge < -0.3 is 15.4 Å². The van der Waals surface area contributed by atoms with Crippen LogP contribution in [0.1, 0.15) is 34.6 Å². The summed E-state index contributed by atoms with van der Waals surface area (Å²) in [6.07, 6.45) is 0.698. The van der Waals surface area contributed by atoms with Gasteiger partial charge in [-0.3, -0.25) is 4.79 Å². The van der Waals surface area contributed by atoms with Gasteiger partial charge in [0.05, 0.1) is 13.2 Å². The number of nitrogens with zero attached hydrogens (tertiary/aromatic N) is 2. The van der Waals surface area contributed by atoms with E-state index in [2.05, 4.69) is 22.5 Å². The third-order valence-electron chi connectivity index (χ3n) is 4.86. The van der Waals surface area contributed by atoms with Gasteiger partial charge in [-0.15, -0.1) is 0 Å². The van der Waals surface area contributed by atoms with Gasteiger partial charge in [-0.1, -0.05) is 42.5 Å². The summed E-state index contributed by atoms with van der Waals surface area (Å²) in [7, 11) is 1.66. The molecule has 0 aliphatic carbocycles. The second kappa shape index (κ2) is 7.68. The summed E-state index contributed by atoms with van der Waals surface area (Å²) in [5.41, 5.74) is 3.26. The van der Waals surface area contributed by atoms with Crippen molar-refractivity contribution >= 4 is 11.7 Å². The third-order valence-corrected chi connectivity index (χ3v) is 4.86. The number of nitrogens with one attached hydrogen (secondary N) is 2. The largest absolute Gasteiger partial charge is 0.497 e. The Hall–Kier alpha value is -3.41. The van der Waals surface area contributed by atoms with Gasteiger partial charge in [-0.25, -0.2) is 9.97 Å². The molecule has 1 aromatic heterocycles. The van der Waals surface area contributed by atoms with Crippen molar-refractivity contribution in [2.45, 2.75) is 19.4 Å².